The molecule has 0 saturated heterocycles. The molecule has 4 atom stereocenters. The van der Waals surface area contributed by atoms with Crippen LogP contribution in [0.15, 0.2) is 12.2 Å². The lowest BCUT2D eigenvalue weighted by atomic mass is 9.63. The lowest BCUT2D eigenvalue weighted by molar-refractivity contribution is 0.209. The third kappa shape index (κ3) is 0.850. The van der Waals surface area contributed by atoms with Gasteiger partial charge >= 0.3 is 0 Å². The summed E-state index contributed by atoms with van der Waals surface area (Å²) in [7, 11) is 0. The molecule has 1 fully saturated rings. The molecule has 2 bridgehead atoms. The normalized spacial score (nSPS) is 43.5. The molecule has 0 aromatic rings. The molecule has 0 aliphatic heterocycles. The van der Waals surface area contributed by atoms with Gasteiger partial charge in [-0.3, -0.25) is 0 Å². The van der Waals surface area contributed by atoms with Crippen molar-refractivity contribution < 1.29 is 0 Å². The van der Waals surface area contributed by atoms with E-state index in [1.165, 1.54) is 0 Å². The number of rotatable bonds is 0. The van der Waals surface area contributed by atoms with Gasteiger partial charge < -0.3 is 0 Å². The van der Waals surface area contributed by atoms with Gasteiger partial charge in [0.05, 0.1) is 24.0 Å². The molecule has 2 nitrogen and oxygen atoms in total. The van der Waals surface area contributed by atoms with E-state index >= 15 is 0 Å². The fourth-order valence-corrected chi connectivity index (χ4v) is 2.35. The summed E-state index contributed by atoms with van der Waals surface area (Å²) in [6.45, 7) is 0. The summed E-state index contributed by atoms with van der Waals surface area (Å²) in [6.07, 6.45) is 6.43. The molecule has 0 unspecified atom stereocenters. The SMILES string of the molecule is N#C[C@@H]1[C@H](C#N)[C@@H]2C=C[C@H]1CC2. The van der Waals surface area contributed by atoms with Crippen molar-refractivity contribution >= 4 is 0 Å². The second-order valence-corrected chi connectivity index (χ2v) is 3.60. The third-order valence-corrected chi connectivity index (χ3v) is 3.05. The highest BCUT2D eigenvalue weighted by Gasteiger charge is 2.40. The van der Waals surface area contributed by atoms with Crippen LogP contribution in [0, 0.1) is 46.3 Å². The Morgan fingerprint density at radius 2 is 1.33 bits per heavy atom. The minimum absolute atomic E-state index is 0.0428. The van der Waals surface area contributed by atoms with E-state index in [1.807, 2.05) is 0 Å². The first-order valence-corrected chi connectivity index (χ1v) is 4.34. The lowest BCUT2D eigenvalue weighted by Crippen LogP contribution is -2.35. The summed E-state index contributed by atoms with van der Waals surface area (Å²) in [5.41, 5.74) is 0. The van der Waals surface area contributed by atoms with Gasteiger partial charge in [-0.25, -0.2) is 0 Å². The van der Waals surface area contributed by atoms with Gasteiger partial charge in [0.15, 0.2) is 0 Å². The summed E-state index contributed by atoms with van der Waals surface area (Å²) in [4.78, 5) is 0. The molecule has 0 amide bonds. The number of nitriles is 2. The van der Waals surface area contributed by atoms with Crippen LogP contribution in [-0.2, 0) is 0 Å². The molecule has 1 saturated carbocycles. The van der Waals surface area contributed by atoms with Gasteiger partial charge in [0.2, 0.25) is 0 Å². The molecule has 3 rings (SSSR count). The summed E-state index contributed by atoms with van der Waals surface area (Å²) >= 11 is 0. The average molecular weight is 158 g/mol. The first-order valence-electron chi connectivity index (χ1n) is 4.34. The van der Waals surface area contributed by atoms with E-state index in [1.54, 1.807) is 0 Å². The van der Waals surface area contributed by atoms with E-state index < -0.39 is 0 Å². The highest BCUT2D eigenvalue weighted by atomic mass is 14.5. The zero-order valence-electron chi connectivity index (χ0n) is 6.77. The van der Waals surface area contributed by atoms with Crippen LogP contribution in [0.4, 0.5) is 0 Å². The second-order valence-electron chi connectivity index (χ2n) is 3.60. The fraction of sp³-hybridized carbons (Fsp3) is 0.600. The van der Waals surface area contributed by atoms with Crippen LogP contribution in [0.25, 0.3) is 0 Å². The van der Waals surface area contributed by atoms with Crippen molar-refractivity contribution in [3.8, 4) is 12.1 Å². The Kier molecular flexibility index (Phi) is 1.62. The summed E-state index contributed by atoms with van der Waals surface area (Å²) in [5, 5.41) is 17.8. The Balaban J connectivity index is 2.33. The van der Waals surface area contributed by atoms with Gasteiger partial charge in [0, 0.05) is 0 Å². The Hall–Kier alpha value is -1.28. The van der Waals surface area contributed by atoms with Crippen molar-refractivity contribution in [2.24, 2.45) is 23.7 Å². The Morgan fingerprint density at radius 3 is 1.58 bits per heavy atom. The van der Waals surface area contributed by atoms with E-state index in [2.05, 4.69) is 24.3 Å². The third-order valence-electron chi connectivity index (χ3n) is 3.05. The minimum Gasteiger partial charge on any atom is -0.198 e. The Labute approximate surface area is 72.1 Å². The van der Waals surface area contributed by atoms with Crippen LogP contribution in [0.2, 0.25) is 0 Å². The van der Waals surface area contributed by atoms with Crippen LogP contribution in [0.1, 0.15) is 12.8 Å². The topological polar surface area (TPSA) is 47.6 Å². The molecule has 0 heterocycles. The quantitative estimate of drug-likeness (QED) is 0.505. The highest BCUT2D eigenvalue weighted by molar-refractivity contribution is 5.18. The zero-order chi connectivity index (χ0) is 8.55. The maximum Gasteiger partial charge on any atom is 0.0689 e. The fourth-order valence-electron chi connectivity index (χ4n) is 2.35. The molecule has 12 heavy (non-hydrogen) atoms. The molecule has 0 aromatic carbocycles. The van der Waals surface area contributed by atoms with Crippen molar-refractivity contribution in [3.63, 3.8) is 0 Å². The molecule has 60 valence electrons. The molecule has 3 aliphatic rings. The van der Waals surface area contributed by atoms with Gasteiger partial charge in [-0.05, 0) is 24.7 Å². The standard InChI is InChI=1S/C10H10N2/c11-5-9-7-1-2-8(4-3-7)10(9)6-12/h1-2,7-10H,3-4H2/t7-,8+,9-,10+. The van der Waals surface area contributed by atoms with Crippen LogP contribution in [0.5, 0.6) is 0 Å². The van der Waals surface area contributed by atoms with Crippen molar-refractivity contribution in [2.75, 3.05) is 0 Å². The van der Waals surface area contributed by atoms with Crippen LogP contribution >= 0.6 is 0 Å². The Morgan fingerprint density at radius 1 is 0.917 bits per heavy atom. The molecular weight excluding hydrogens is 148 g/mol. The highest BCUT2D eigenvalue weighted by Crippen LogP contribution is 2.43. The predicted octanol–water partition coefficient (Wildman–Crippen LogP) is 1.86. The lowest BCUT2D eigenvalue weighted by Gasteiger charge is -2.38. The van der Waals surface area contributed by atoms with Crippen molar-refractivity contribution in [1.29, 1.82) is 10.5 Å². The number of allylic oxidation sites excluding steroid dienone is 2. The van der Waals surface area contributed by atoms with Gasteiger partial charge in [-0.1, -0.05) is 12.2 Å². The first kappa shape index (κ1) is 7.37. The van der Waals surface area contributed by atoms with E-state index in [-0.39, 0.29) is 11.8 Å². The van der Waals surface area contributed by atoms with E-state index in [4.69, 9.17) is 10.5 Å². The van der Waals surface area contributed by atoms with Crippen molar-refractivity contribution in [3.05, 3.63) is 12.2 Å². The van der Waals surface area contributed by atoms with Crippen LogP contribution in [0.3, 0.4) is 0 Å². The Bertz CT molecular complexity index is 262. The summed E-state index contributed by atoms with van der Waals surface area (Å²) in [5.74, 6) is 0.617. The van der Waals surface area contributed by atoms with Gasteiger partial charge in [0.25, 0.3) is 0 Å². The van der Waals surface area contributed by atoms with E-state index in [9.17, 15) is 0 Å². The van der Waals surface area contributed by atoms with Crippen molar-refractivity contribution in [1.82, 2.24) is 0 Å². The maximum atomic E-state index is 8.88. The van der Waals surface area contributed by atoms with Crippen LogP contribution < -0.4 is 0 Å². The number of hydrogen-bond donors (Lipinski definition) is 0. The molecule has 0 aromatic heterocycles. The molecule has 0 radical (unpaired) electrons. The van der Waals surface area contributed by atoms with Crippen LogP contribution in [-0.4, -0.2) is 0 Å². The second kappa shape index (κ2) is 2.64. The number of nitrogens with zero attached hydrogens (tertiary/aromatic N) is 2. The van der Waals surface area contributed by atoms with Gasteiger partial charge in [-0.15, -0.1) is 0 Å². The summed E-state index contributed by atoms with van der Waals surface area (Å²) < 4.78 is 0. The maximum absolute atomic E-state index is 8.88. The number of fused-ring (bicyclic) bond motifs is 2. The molecular formula is C10H10N2. The van der Waals surface area contributed by atoms with Gasteiger partial charge in [-0.2, -0.15) is 10.5 Å². The van der Waals surface area contributed by atoms with Crippen molar-refractivity contribution in [2.45, 2.75) is 12.8 Å². The van der Waals surface area contributed by atoms with E-state index in [0.717, 1.165) is 12.8 Å². The minimum atomic E-state index is -0.0428. The average Bonchev–Trinajstić information content (AvgIpc) is 2.18. The largest absolute Gasteiger partial charge is 0.198 e. The van der Waals surface area contributed by atoms with E-state index in [0.29, 0.717) is 11.8 Å². The molecule has 2 heteroatoms. The zero-order valence-corrected chi connectivity index (χ0v) is 6.77. The smallest absolute Gasteiger partial charge is 0.0689 e. The molecule has 0 spiro atoms. The number of hydrogen-bond acceptors (Lipinski definition) is 2. The predicted molar refractivity (Wildman–Crippen MR) is 43.6 cm³/mol. The molecule has 3 aliphatic carbocycles. The molecule has 0 N–H and O–H groups in total. The first-order chi connectivity index (χ1) is 5.86. The van der Waals surface area contributed by atoms with Gasteiger partial charge in [0.1, 0.15) is 0 Å². The summed E-state index contributed by atoms with van der Waals surface area (Å²) in [6, 6.07) is 4.53. The monoisotopic (exact) mass is 158 g/mol.